The van der Waals surface area contributed by atoms with E-state index in [1.807, 2.05) is 0 Å². The van der Waals surface area contributed by atoms with Crippen molar-refractivity contribution in [1.82, 2.24) is 0 Å². The summed E-state index contributed by atoms with van der Waals surface area (Å²) >= 11 is 0. The summed E-state index contributed by atoms with van der Waals surface area (Å²) in [7, 11) is 0. The number of hydrogen-bond acceptors (Lipinski definition) is 1. The normalized spacial score (nSPS) is 30.5. The van der Waals surface area contributed by atoms with Gasteiger partial charge in [0, 0.05) is 0 Å². The zero-order valence-corrected chi connectivity index (χ0v) is 9.00. The fraction of sp³-hybridized carbons (Fsp3) is 0.909. The Kier molecular flexibility index (Phi) is 2.69. The molecular weight excluding hydrogens is 164 g/mol. The van der Waals surface area contributed by atoms with Gasteiger partial charge in [0.2, 0.25) is 0 Å². The van der Waals surface area contributed by atoms with Crippen LogP contribution >= 0.6 is 0 Å². The van der Waals surface area contributed by atoms with Crippen molar-refractivity contribution in [2.45, 2.75) is 40.5 Å². The molecule has 0 amide bonds. The van der Waals surface area contributed by atoms with Crippen LogP contribution in [0.25, 0.3) is 0 Å². The van der Waals surface area contributed by atoms with Crippen molar-refractivity contribution in [1.29, 1.82) is 0 Å². The van der Waals surface area contributed by atoms with Crippen molar-refractivity contribution in [3.8, 4) is 0 Å². The second kappa shape index (κ2) is 3.32. The molecule has 0 heterocycles. The summed E-state index contributed by atoms with van der Waals surface area (Å²) in [5.74, 6) is 0.287. The van der Waals surface area contributed by atoms with Gasteiger partial charge in [0.25, 0.3) is 0 Å². The largest absolute Gasteiger partial charge is 0.481 e. The van der Waals surface area contributed by atoms with Crippen molar-refractivity contribution in [2.75, 3.05) is 0 Å². The highest BCUT2D eigenvalue weighted by molar-refractivity contribution is 5.75. The maximum absolute atomic E-state index is 10.9. The molecule has 1 saturated carbocycles. The predicted octanol–water partition coefficient (Wildman–Crippen LogP) is 2.78. The van der Waals surface area contributed by atoms with Crippen LogP contribution in [-0.2, 0) is 4.79 Å². The van der Waals surface area contributed by atoms with E-state index in [0.29, 0.717) is 11.8 Å². The zero-order chi connectivity index (χ0) is 10.2. The van der Waals surface area contributed by atoms with Gasteiger partial charge in [0.15, 0.2) is 0 Å². The summed E-state index contributed by atoms with van der Waals surface area (Å²) in [6.45, 7) is 8.46. The Balaban J connectivity index is 2.69. The maximum Gasteiger partial charge on any atom is 0.307 e. The summed E-state index contributed by atoms with van der Waals surface area (Å²) in [5, 5.41) is 9.00. The van der Waals surface area contributed by atoms with E-state index in [9.17, 15) is 4.79 Å². The Bertz CT molecular complexity index is 204. The Morgan fingerprint density at radius 1 is 1.38 bits per heavy atom. The van der Waals surface area contributed by atoms with Gasteiger partial charge < -0.3 is 5.11 Å². The molecule has 1 aliphatic carbocycles. The maximum atomic E-state index is 10.9. The Morgan fingerprint density at radius 2 is 1.85 bits per heavy atom. The molecule has 0 aromatic rings. The van der Waals surface area contributed by atoms with Gasteiger partial charge in [0.05, 0.1) is 5.92 Å². The van der Waals surface area contributed by atoms with E-state index in [1.165, 1.54) is 0 Å². The Labute approximate surface area is 80.3 Å². The lowest BCUT2D eigenvalue weighted by molar-refractivity contribution is -0.139. The summed E-state index contributed by atoms with van der Waals surface area (Å²) < 4.78 is 0. The first-order valence-electron chi connectivity index (χ1n) is 5.19. The SMILES string of the molecule is CCC(CC)C1C(C(=O)O)C1(C)C. The Hall–Kier alpha value is -0.530. The third-order valence-corrected chi connectivity index (χ3v) is 3.73. The lowest BCUT2D eigenvalue weighted by atomic mass is 9.92. The van der Waals surface area contributed by atoms with Gasteiger partial charge in [0.1, 0.15) is 0 Å². The van der Waals surface area contributed by atoms with E-state index >= 15 is 0 Å². The van der Waals surface area contributed by atoms with E-state index in [0.717, 1.165) is 12.8 Å². The van der Waals surface area contributed by atoms with E-state index in [4.69, 9.17) is 5.11 Å². The number of carboxylic acids is 1. The molecule has 1 fully saturated rings. The molecule has 0 bridgehead atoms. The van der Waals surface area contributed by atoms with Crippen LogP contribution in [0.5, 0.6) is 0 Å². The standard InChI is InChI=1S/C11H20O2/c1-5-7(6-2)8-9(10(12)13)11(8,3)4/h7-9H,5-6H2,1-4H3,(H,12,13). The highest BCUT2D eigenvalue weighted by atomic mass is 16.4. The van der Waals surface area contributed by atoms with Crippen molar-refractivity contribution in [3.63, 3.8) is 0 Å². The average Bonchev–Trinajstić information content (AvgIpc) is 2.57. The molecule has 0 aliphatic heterocycles. The summed E-state index contributed by atoms with van der Waals surface area (Å²) in [6, 6.07) is 0. The minimum absolute atomic E-state index is 0.0303. The molecule has 1 N–H and O–H groups in total. The quantitative estimate of drug-likeness (QED) is 0.729. The molecule has 0 aromatic heterocycles. The fourth-order valence-corrected chi connectivity index (χ4v) is 2.83. The van der Waals surface area contributed by atoms with Gasteiger partial charge in [-0.25, -0.2) is 0 Å². The summed E-state index contributed by atoms with van der Waals surface area (Å²) in [5.41, 5.74) is 0.0303. The molecule has 13 heavy (non-hydrogen) atoms. The first-order chi connectivity index (χ1) is 5.96. The monoisotopic (exact) mass is 184 g/mol. The molecule has 2 atom stereocenters. The van der Waals surface area contributed by atoms with Crippen LogP contribution in [0.1, 0.15) is 40.5 Å². The average molecular weight is 184 g/mol. The van der Waals surface area contributed by atoms with Gasteiger partial charge in [-0.2, -0.15) is 0 Å². The minimum Gasteiger partial charge on any atom is -0.481 e. The van der Waals surface area contributed by atoms with Crippen molar-refractivity contribution in [3.05, 3.63) is 0 Å². The number of carbonyl (C=O) groups is 1. The van der Waals surface area contributed by atoms with E-state index < -0.39 is 5.97 Å². The number of carboxylic acid groups (broad SMARTS) is 1. The highest BCUT2D eigenvalue weighted by Crippen LogP contribution is 2.62. The molecule has 2 unspecified atom stereocenters. The molecule has 2 nitrogen and oxygen atoms in total. The molecule has 0 radical (unpaired) electrons. The second-order valence-corrected chi connectivity index (χ2v) is 4.74. The lowest BCUT2D eigenvalue weighted by Crippen LogP contribution is -2.06. The topological polar surface area (TPSA) is 37.3 Å². The third kappa shape index (κ3) is 1.59. The number of hydrogen-bond donors (Lipinski definition) is 1. The van der Waals surface area contributed by atoms with Crippen molar-refractivity contribution >= 4 is 5.97 Å². The molecule has 76 valence electrons. The molecular formula is C11H20O2. The number of rotatable bonds is 4. The number of aliphatic carboxylic acids is 1. The van der Waals surface area contributed by atoms with Gasteiger partial charge in [-0.15, -0.1) is 0 Å². The minimum atomic E-state index is -0.609. The van der Waals surface area contributed by atoms with Gasteiger partial charge in [-0.05, 0) is 17.3 Å². The zero-order valence-electron chi connectivity index (χ0n) is 9.00. The van der Waals surface area contributed by atoms with Gasteiger partial charge in [-0.3, -0.25) is 4.79 Å². The van der Waals surface area contributed by atoms with Crippen LogP contribution < -0.4 is 0 Å². The van der Waals surface area contributed by atoms with Crippen molar-refractivity contribution < 1.29 is 9.90 Å². The van der Waals surface area contributed by atoms with E-state index in [-0.39, 0.29) is 11.3 Å². The fourth-order valence-electron chi connectivity index (χ4n) is 2.83. The van der Waals surface area contributed by atoms with E-state index in [1.54, 1.807) is 0 Å². The first-order valence-corrected chi connectivity index (χ1v) is 5.19. The molecule has 1 rings (SSSR count). The highest BCUT2D eigenvalue weighted by Gasteiger charge is 2.63. The van der Waals surface area contributed by atoms with Crippen LogP contribution in [-0.4, -0.2) is 11.1 Å². The molecule has 0 spiro atoms. The van der Waals surface area contributed by atoms with Crippen LogP contribution in [0.2, 0.25) is 0 Å². The molecule has 1 aliphatic rings. The molecule has 2 heteroatoms. The smallest absolute Gasteiger partial charge is 0.307 e. The molecule has 0 aromatic carbocycles. The van der Waals surface area contributed by atoms with Crippen LogP contribution in [0, 0.1) is 23.2 Å². The first kappa shape index (κ1) is 10.6. The predicted molar refractivity (Wildman–Crippen MR) is 52.5 cm³/mol. The third-order valence-electron chi connectivity index (χ3n) is 3.73. The Morgan fingerprint density at radius 3 is 2.08 bits per heavy atom. The summed E-state index contributed by atoms with van der Waals surface area (Å²) in [4.78, 5) is 10.9. The van der Waals surface area contributed by atoms with E-state index in [2.05, 4.69) is 27.7 Å². The van der Waals surface area contributed by atoms with Crippen molar-refractivity contribution in [2.24, 2.45) is 23.2 Å². The van der Waals surface area contributed by atoms with Gasteiger partial charge in [-0.1, -0.05) is 40.5 Å². The summed E-state index contributed by atoms with van der Waals surface area (Å²) in [6.07, 6.45) is 2.21. The van der Waals surface area contributed by atoms with Gasteiger partial charge >= 0.3 is 5.97 Å². The van der Waals surface area contributed by atoms with Crippen LogP contribution in [0.15, 0.2) is 0 Å². The van der Waals surface area contributed by atoms with Crippen LogP contribution in [0.4, 0.5) is 0 Å². The van der Waals surface area contributed by atoms with Crippen LogP contribution in [0.3, 0.4) is 0 Å². The second-order valence-electron chi connectivity index (χ2n) is 4.74. The lowest BCUT2D eigenvalue weighted by Gasteiger charge is -2.12. The molecule has 0 saturated heterocycles.